The molecule has 56 heavy (non-hydrogen) atoms. The molecule has 3 N–H and O–H groups in total. The highest BCUT2D eigenvalue weighted by Crippen LogP contribution is 2.09. The number of piperidine rings is 1. The van der Waals surface area contributed by atoms with E-state index in [1.807, 2.05) is 0 Å². The fourth-order valence-electron chi connectivity index (χ4n) is 7.30. The third-order valence-electron chi connectivity index (χ3n) is 12.9. The van der Waals surface area contributed by atoms with Crippen LogP contribution in [0, 0.1) is 0 Å². The molecular formula is C42H98N11O3+3. The van der Waals surface area contributed by atoms with Gasteiger partial charge in [0.15, 0.2) is 0 Å². The molecule has 0 saturated carbocycles. The van der Waals surface area contributed by atoms with Gasteiger partial charge in [0.2, 0.25) is 0 Å². The standard InChI is InChI=1S/2C8H19N2O.C7H16N2O.C7H17N2.C6H14N2.C6H13N/c2*1-9-3-5-10(2,6-4-9)7-8-11;1-8-2-4-9(5-3-8)6-7-10;1-8-4-6-9(2,3)7-5-8;1-7-3-5-8(2)6-4-7;1-7-5-3-2-4-6-7/h2*11H,3-8H2,1-2H3;10H,2-7H2,1H3;4-7H2,1-3H3;3-6H2,1-2H3;2-6H2,1H3/q2*+1;;+1;;. The van der Waals surface area contributed by atoms with Crippen LogP contribution in [0.1, 0.15) is 19.3 Å². The molecule has 0 aromatic carbocycles. The number of β-amino-alcohol motifs (C(OH)–C–C–N with tert-alkyl or cyclic N) is 1. The highest BCUT2D eigenvalue weighted by atomic mass is 16.3. The zero-order valence-corrected chi connectivity index (χ0v) is 39.2. The van der Waals surface area contributed by atoms with Gasteiger partial charge in [-0.1, -0.05) is 6.42 Å². The summed E-state index contributed by atoms with van der Waals surface area (Å²) in [4.78, 5) is 18.8. The number of aliphatic hydroxyl groups is 3. The van der Waals surface area contributed by atoms with Gasteiger partial charge in [-0.25, -0.2) is 0 Å². The van der Waals surface area contributed by atoms with Crippen molar-refractivity contribution in [1.82, 2.24) is 39.2 Å². The molecule has 0 atom stereocenters. The van der Waals surface area contributed by atoms with E-state index >= 15 is 0 Å². The summed E-state index contributed by atoms with van der Waals surface area (Å²) >= 11 is 0. The lowest BCUT2D eigenvalue weighted by atomic mass is 10.1. The lowest BCUT2D eigenvalue weighted by molar-refractivity contribution is -0.913. The van der Waals surface area contributed by atoms with Crippen molar-refractivity contribution < 1.29 is 28.8 Å². The Morgan fingerprint density at radius 3 is 0.893 bits per heavy atom. The van der Waals surface area contributed by atoms with Gasteiger partial charge in [0.25, 0.3) is 0 Å². The van der Waals surface area contributed by atoms with E-state index in [0.717, 1.165) is 81.0 Å². The van der Waals surface area contributed by atoms with E-state index in [9.17, 15) is 0 Å². The van der Waals surface area contributed by atoms with E-state index in [2.05, 4.69) is 117 Å². The minimum atomic E-state index is 0.295. The molecule has 0 spiro atoms. The van der Waals surface area contributed by atoms with Gasteiger partial charge < -0.3 is 48.4 Å². The fraction of sp³-hybridized carbons (Fsp3) is 1.00. The average Bonchev–Trinajstić information content (AvgIpc) is 3.17. The normalized spacial score (nSPS) is 25.6. The number of hydrogen-bond donors (Lipinski definition) is 3. The summed E-state index contributed by atoms with van der Waals surface area (Å²) in [5, 5.41) is 26.3. The van der Waals surface area contributed by atoms with Crippen LogP contribution in [-0.4, -0.2) is 329 Å². The Hall–Kier alpha value is -0.560. The topological polar surface area (TPSA) is 86.6 Å². The first-order valence-corrected chi connectivity index (χ1v) is 22.3. The SMILES string of the molecule is CN1CCCCC1.CN1CCN(C)CC1.CN1CCN(CCO)CC1.CN1CC[N+](C)(C)CC1.CN1CC[N+](C)(CCO)CC1.CN1CC[N+](C)(CCO)CC1. The van der Waals surface area contributed by atoms with Crippen molar-refractivity contribution in [3.05, 3.63) is 0 Å². The third kappa shape index (κ3) is 26.5. The van der Waals surface area contributed by atoms with Crippen LogP contribution in [-0.2, 0) is 0 Å². The van der Waals surface area contributed by atoms with Crippen LogP contribution in [0.3, 0.4) is 0 Å². The predicted molar refractivity (Wildman–Crippen MR) is 237 cm³/mol. The van der Waals surface area contributed by atoms with Crippen molar-refractivity contribution in [2.75, 3.05) is 261 Å². The number of rotatable bonds is 6. The Morgan fingerprint density at radius 1 is 0.339 bits per heavy atom. The number of likely N-dealkylation sites (tertiary alicyclic amines) is 1. The zero-order chi connectivity index (χ0) is 42.0. The van der Waals surface area contributed by atoms with Crippen molar-refractivity contribution in [3.8, 4) is 0 Å². The van der Waals surface area contributed by atoms with Crippen LogP contribution < -0.4 is 0 Å². The average molecular weight is 805 g/mol. The first kappa shape index (κ1) is 53.5. The van der Waals surface area contributed by atoms with Gasteiger partial charge in [-0.3, -0.25) is 19.6 Å². The van der Waals surface area contributed by atoms with Crippen molar-refractivity contribution in [3.63, 3.8) is 0 Å². The largest absolute Gasteiger partial charge is 0.395 e. The van der Waals surface area contributed by atoms with Crippen LogP contribution in [0.2, 0.25) is 0 Å². The number of hydrogen-bond acceptors (Lipinski definition) is 11. The van der Waals surface area contributed by atoms with Crippen LogP contribution in [0.25, 0.3) is 0 Å². The minimum absolute atomic E-state index is 0.295. The second kappa shape index (κ2) is 29.6. The van der Waals surface area contributed by atoms with Gasteiger partial charge in [0, 0.05) is 98.2 Å². The van der Waals surface area contributed by atoms with E-state index in [1.165, 1.54) is 115 Å². The maximum absolute atomic E-state index is 8.82. The number of nitrogens with zero attached hydrogens (tertiary/aromatic N) is 11. The van der Waals surface area contributed by atoms with Gasteiger partial charge in [-0.15, -0.1) is 0 Å². The summed E-state index contributed by atoms with van der Waals surface area (Å²) in [5.41, 5.74) is 0. The molecule has 336 valence electrons. The molecule has 6 saturated heterocycles. The summed E-state index contributed by atoms with van der Waals surface area (Å²) in [6.45, 7) is 30.1. The fourth-order valence-corrected chi connectivity index (χ4v) is 7.30. The van der Waals surface area contributed by atoms with Crippen molar-refractivity contribution in [2.45, 2.75) is 19.3 Å². The quantitative estimate of drug-likeness (QED) is 0.288. The summed E-state index contributed by atoms with van der Waals surface area (Å²) in [7, 11) is 24.2. The first-order chi connectivity index (χ1) is 26.4. The monoisotopic (exact) mass is 805 g/mol. The Bertz CT molecular complexity index is 864. The third-order valence-corrected chi connectivity index (χ3v) is 12.9. The number of quaternary nitrogens is 3. The number of aliphatic hydroxyl groups excluding tert-OH is 3. The second-order valence-corrected chi connectivity index (χ2v) is 19.2. The summed E-state index contributed by atoms with van der Waals surface area (Å²) in [5.74, 6) is 0. The molecular weight excluding hydrogens is 707 g/mol. The molecule has 6 aliphatic heterocycles. The molecule has 0 aliphatic carbocycles. The number of piperazine rings is 5. The van der Waals surface area contributed by atoms with Crippen LogP contribution >= 0.6 is 0 Å². The molecule has 0 radical (unpaired) electrons. The molecule has 0 bridgehead atoms. The van der Waals surface area contributed by atoms with E-state index in [-0.39, 0.29) is 0 Å². The molecule has 0 amide bonds. The Labute approximate surface area is 347 Å². The van der Waals surface area contributed by atoms with Gasteiger partial charge in [-0.05, 0) is 75.3 Å². The molecule has 0 aromatic rings. The van der Waals surface area contributed by atoms with Crippen LogP contribution in [0.15, 0.2) is 0 Å². The van der Waals surface area contributed by atoms with Crippen molar-refractivity contribution in [1.29, 1.82) is 0 Å². The lowest BCUT2D eigenvalue weighted by Crippen LogP contribution is -2.57. The van der Waals surface area contributed by atoms with Gasteiger partial charge >= 0.3 is 0 Å². The molecule has 0 aromatic heterocycles. The Balaban J connectivity index is 0.000000338. The maximum atomic E-state index is 8.82. The maximum Gasteiger partial charge on any atom is 0.102 e. The summed E-state index contributed by atoms with van der Waals surface area (Å²) < 4.78 is 3.28. The highest BCUT2D eigenvalue weighted by molar-refractivity contribution is 4.68. The zero-order valence-electron chi connectivity index (χ0n) is 39.2. The molecule has 6 aliphatic rings. The van der Waals surface area contributed by atoms with E-state index < -0.39 is 0 Å². The van der Waals surface area contributed by atoms with Crippen LogP contribution in [0.5, 0.6) is 0 Å². The van der Waals surface area contributed by atoms with E-state index in [1.54, 1.807) is 0 Å². The molecule has 6 rings (SSSR count). The molecule has 6 heterocycles. The summed E-state index contributed by atoms with van der Waals surface area (Å²) in [6, 6.07) is 0. The van der Waals surface area contributed by atoms with Crippen molar-refractivity contribution >= 4 is 0 Å². The Morgan fingerprint density at radius 2 is 0.625 bits per heavy atom. The highest BCUT2D eigenvalue weighted by Gasteiger charge is 2.27. The van der Waals surface area contributed by atoms with E-state index in [0.29, 0.717) is 19.8 Å². The van der Waals surface area contributed by atoms with Gasteiger partial charge in [0.05, 0.1) is 87.3 Å². The molecule has 14 nitrogen and oxygen atoms in total. The van der Waals surface area contributed by atoms with Crippen LogP contribution in [0.4, 0.5) is 0 Å². The van der Waals surface area contributed by atoms with E-state index in [4.69, 9.17) is 15.3 Å². The molecule has 14 heteroatoms. The van der Waals surface area contributed by atoms with Gasteiger partial charge in [0.1, 0.15) is 13.1 Å². The van der Waals surface area contributed by atoms with Crippen molar-refractivity contribution in [2.24, 2.45) is 0 Å². The van der Waals surface area contributed by atoms with Gasteiger partial charge in [-0.2, -0.15) is 0 Å². The Kier molecular flexibility index (Phi) is 28.3. The summed E-state index contributed by atoms with van der Waals surface area (Å²) in [6.07, 6.45) is 4.28. The number of likely N-dealkylation sites (N-methyl/N-ethyl adjacent to an activating group) is 9. The lowest BCUT2D eigenvalue weighted by Gasteiger charge is -2.40. The molecule has 0 unspecified atom stereocenters. The second-order valence-electron chi connectivity index (χ2n) is 19.2. The smallest absolute Gasteiger partial charge is 0.102 e. The minimum Gasteiger partial charge on any atom is -0.395 e. The first-order valence-electron chi connectivity index (χ1n) is 22.3. The molecule has 6 fully saturated rings. The predicted octanol–water partition coefficient (Wildman–Crippen LogP) is -1.06.